The number of nitrogens with zero attached hydrogens (tertiary/aromatic N) is 8. The lowest BCUT2D eigenvalue weighted by Crippen LogP contribution is -2.50. The van der Waals surface area contributed by atoms with Crippen LogP contribution in [0.3, 0.4) is 0 Å². The summed E-state index contributed by atoms with van der Waals surface area (Å²) < 4.78 is 42.1. The molecule has 5 aromatic rings. The summed E-state index contributed by atoms with van der Waals surface area (Å²) >= 11 is 0. The zero-order valence-electron chi connectivity index (χ0n) is 42.8. The van der Waals surface area contributed by atoms with Crippen molar-refractivity contribution in [3.05, 3.63) is 101 Å². The Morgan fingerprint density at radius 2 is 1.64 bits per heavy atom. The molecule has 17 nitrogen and oxygen atoms in total. The average Bonchev–Trinajstić information content (AvgIpc) is 4.08. The second-order valence-electron chi connectivity index (χ2n) is 21.0. The smallest absolute Gasteiger partial charge is 0.383 e. The van der Waals surface area contributed by atoms with Crippen molar-refractivity contribution in [3.63, 3.8) is 0 Å². The Balaban J connectivity index is 0.781. The highest BCUT2D eigenvalue weighted by atomic mass is 19.4. The summed E-state index contributed by atoms with van der Waals surface area (Å²) in [5.74, 6) is 0.140. The summed E-state index contributed by atoms with van der Waals surface area (Å²) in [5.41, 5.74) is 10.9. The molecule has 3 aromatic heterocycles. The number of urea groups is 1. The second kappa shape index (κ2) is 22.6. The van der Waals surface area contributed by atoms with Crippen molar-refractivity contribution in [2.24, 2.45) is 11.8 Å². The molecule has 5 aliphatic rings. The predicted molar refractivity (Wildman–Crippen MR) is 283 cm³/mol. The number of hydrogen-bond acceptors (Lipinski definition) is 11. The number of anilines is 3. The van der Waals surface area contributed by atoms with Crippen molar-refractivity contribution in [1.82, 2.24) is 45.1 Å². The molecule has 0 saturated carbocycles. The maximum atomic E-state index is 14.1. The van der Waals surface area contributed by atoms with Gasteiger partial charge in [-0.25, -0.2) is 14.8 Å². The van der Waals surface area contributed by atoms with E-state index < -0.39 is 23.7 Å². The van der Waals surface area contributed by atoms with E-state index in [4.69, 9.17) is 10.8 Å². The Hall–Kier alpha value is -7.19. The summed E-state index contributed by atoms with van der Waals surface area (Å²) in [6.45, 7) is 8.51. The Labute approximate surface area is 439 Å². The number of nitrogens with one attached hydrogen (secondary N) is 3. The topological polar surface area (TPSA) is 204 Å². The lowest BCUT2D eigenvalue weighted by molar-refractivity contribution is -0.137. The number of imide groups is 1. The van der Waals surface area contributed by atoms with Crippen LogP contribution in [0.15, 0.2) is 73.1 Å². The fourth-order valence-electron chi connectivity index (χ4n) is 11.6. The molecule has 2 atom stereocenters. The molecule has 0 radical (unpaired) electrons. The van der Waals surface area contributed by atoms with Crippen molar-refractivity contribution in [3.8, 4) is 11.3 Å². The zero-order chi connectivity index (χ0) is 53.1. The summed E-state index contributed by atoms with van der Waals surface area (Å²) in [7, 11) is 0. The standard InChI is InChI=1S/C56H65F3N12O5/c1-35-8-9-40(29-44(35)70-28-20-47(72)65-55(70)76)54(75)68-25-18-37(19-26-68)33-67-23-15-36(16-24-67)17-27-69-34-43-31-45(69)53(74)62-21-6-4-2-3-5-7-41-32-63-51(60)48-49(66-71(43)50(41)48)38-10-12-39(13-11-38)52(73)64-46-30-42(14-22-61-46)56(57,58)59/h5,7-14,22,29-30,32,36-37,43,45H,2-4,6,15-21,23-28,31,33-34H2,1H3,(H2,60,63)(H,62,74)(H,61,64,73)(H,65,72,76)/b7-5+/t43-,45+/m0/s1. The Morgan fingerprint density at radius 3 is 2.41 bits per heavy atom. The molecule has 8 heterocycles. The number of amides is 6. The van der Waals surface area contributed by atoms with E-state index in [0.717, 1.165) is 119 Å². The number of piperidine rings is 2. The van der Waals surface area contributed by atoms with Crippen molar-refractivity contribution in [2.75, 3.05) is 74.9 Å². The highest BCUT2D eigenvalue weighted by Crippen LogP contribution is 2.40. The minimum absolute atomic E-state index is 0.0270. The molecule has 5 N–H and O–H groups in total. The number of aromatic nitrogens is 4. The van der Waals surface area contributed by atoms with Crippen molar-refractivity contribution >= 4 is 64.0 Å². The lowest BCUT2D eigenvalue weighted by atomic mass is 9.90. The third-order valence-corrected chi connectivity index (χ3v) is 16.0. The monoisotopic (exact) mass is 1040 g/mol. The van der Waals surface area contributed by atoms with Crippen LogP contribution >= 0.6 is 0 Å². The van der Waals surface area contributed by atoms with Crippen LogP contribution < -0.4 is 26.6 Å². The van der Waals surface area contributed by atoms with Crippen LogP contribution in [0.1, 0.15) is 114 Å². The molecule has 0 aliphatic carbocycles. The van der Waals surface area contributed by atoms with Crippen LogP contribution in [0.5, 0.6) is 0 Å². The second-order valence-corrected chi connectivity index (χ2v) is 21.0. The van der Waals surface area contributed by atoms with E-state index in [9.17, 15) is 37.1 Å². The SMILES string of the molecule is Cc1ccc(C(=O)N2CCC(CN3CCC(CCN4C[C@@H]5C[C@@H]4C(=O)NCCCCC/C=C/c4cnc(N)c6c(-c7ccc(C(=O)Nc8cc(C(F)(F)F)ccn8)cc7)nn5c46)CC3)CC2)cc1N1CCC(=O)NC1=O. The largest absolute Gasteiger partial charge is 0.416 e. The van der Waals surface area contributed by atoms with E-state index in [2.05, 4.69) is 47.9 Å². The first kappa shape index (κ1) is 52.3. The first-order valence-electron chi connectivity index (χ1n) is 26.7. The van der Waals surface area contributed by atoms with Gasteiger partial charge in [-0.2, -0.15) is 18.3 Å². The number of benzene rings is 2. The number of aryl methyl sites for hydroxylation is 1. The van der Waals surface area contributed by atoms with E-state index >= 15 is 0 Å². The number of nitrogen functional groups attached to an aromatic ring is 1. The van der Waals surface area contributed by atoms with Gasteiger partial charge in [0.15, 0.2) is 0 Å². The number of alkyl halides is 3. The van der Waals surface area contributed by atoms with E-state index in [1.807, 2.05) is 28.6 Å². The number of carbonyl (C=O) groups excluding carboxylic acids is 5. The van der Waals surface area contributed by atoms with Crippen molar-refractivity contribution in [1.29, 1.82) is 0 Å². The highest BCUT2D eigenvalue weighted by molar-refractivity contribution is 6.07. The van der Waals surface area contributed by atoms with Gasteiger partial charge in [0.2, 0.25) is 11.8 Å². The Kier molecular flexibility index (Phi) is 15.5. The van der Waals surface area contributed by atoms with Crippen LogP contribution in [0.4, 0.5) is 35.3 Å². The summed E-state index contributed by atoms with van der Waals surface area (Å²) in [6.07, 6.45) is 11.8. The minimum Gasteiger partial charge on any atom is -0.383 e. The molecule has 4 saturated heterocycles. The molecule has 0 unspecified atom stereocenters. The zero-order valence-corrected chi connectivity index (χ0v) is 42.8. The fraction of sp³-hybridized carbons (Fsp3) is 0.464. The molecule has 4 fully saturated rings. The van der Waals surface area contributed by atoms with Gasteiger partial charge in [-0.15, -0.1) is 0 Å². The van der Waals surface area contributed by atoms with Crippen LogP contribution in [-0.2, 0) is 15.8 Å². The number of carbonyl (C=O) groups is 5. The first-order valence-corrected chi connectivity index (χ1v) is 26.7. The van der Waals surface area contributed by atoms with Gasteiger partial charge in [0.05, 0.1) is 28.6 Å². The quantitative estimate of drug-likeness (QED) is 0.105. The number of likely N-dealkylation sites (tertiary alicyclic amines) is 3. The minimum atomic E-state index is -4.59. The maximum Gasteiger partial charge on any atom is 0.416 e. The third-order valence-electron chi connectivity index (χ3n) is 16.0. The molecule has 2 aromatic carbocycles. The van der Waals surface area contributed by atoms with E-state index in [-0.39, 0.29) is 54.2 Å². The third kappa shape index (κ3) is 11.6. The highest BCUT2D eigenvalue weighted by Gasteiger charge is 2.40. The molecule has 76 heavy (non-hydrogen) atoms. The molecule has 400 valence electrons. The van der Waals surface area contributed by atoms with Gasteiger partial charge in [-0.3, -0.25) is 39.0 Å². The Morgan fingerprint density at radius 1 is 0.882 bits per heavy atom. The normalized spacial score (nSPS) is 21.2. The molecule has 20 heteroatoms. The summed E-state index contributed by atoms with van der Waals surface area (Å²) in [6, 6.07) is 12.7. The van der Waals surface area contributed by atoms with Gasteiger partial charge < -0.3 is 26.2 Å². The number of rotatable bonds is 10. The van der Waals surface area contributed by atoms with Gasteiger partial charge in [0, 0.05) is 86.0 Å². The Bertz CT molecular complexity index is 3020. The van der Waals surface area contributed by atoms with E-state index in [1.54, 1.807) is 36.5 Å². The molecular weight excluding hydrogens is 978 g/mol. The van der Waals surface area contributed by atoms with E-state index in [0.29, 0.717) is 78.1 Å². The maximum absolute atomic E-state index is 14.1. The molecule has 5 aliphatic heterocycles. The molecule has 6 amide bonds. The lowest BCUT2D eigenvalue weighted by Gasteiger charge is -2.38. The van der Waals surface area contributed by atoms with E-state index in [1.165, 1.54) is 4.90 Å². The van der Waals surface area contributed by atoms with Gasteiger partial charge >= 0.3 is 12.2 Å². The van der Waals surface area contributed by atoms with Crippen molar-refractivity contribution < 1.29 is 37.1 Å². The van der Waals surface area contributed by atoms with Gasteiger partial charge in [-0.05, 0) is 138 Å². The number of halogens is 3. The van der Waals surface area contributed by atoms with Gasteiger partial charge in [0.1, 0.15) is 17.3 Å². The van der Waals surface area contributed by atoms with Gasteiger partial charge in [0.25, 0.3) is 11.8 Å². The van der Waals surface area contributed by atoms with Crippen molar-refractivity contribution in [2.45, 2.75) is 95.8 Å². The molecule has 0 spiro atoms. The fourth-order valence-corrected chi connectivity index (χ4v) is 11.6. The number of pyridine rings is 2. The number of nitrogens with two attached hydrogens (primary N) is 1. The van der Waals surface area contributed by atoms with Gasteiger partial charge in [-0.1, -0.05) is 36.8 Å². The molecule has 2 bridgehead atoms. The number of hydrogen-bond donors (Lipinski definition) is 4. The summed E-state index contributed by atoms with van der Waals surface area (Å²) in [4.78, 5) is 82.2. The van der Waals surface area contributed by atoms with Crippen LogP contribution in [0, 0.1) is 18.8 Å². The van der Waals surface area contributed by atoms with Crippen LogP contribution in [0.25, 0.3) is 28.2 Å². The summed E-state index contributed by atoms with van der Waals surface area (Å²) in [5, 5.41) is 14.0. The molecule has 10 rings (SSSR count). The number of allylic oxidation sites excluding steroid dienone is 1. The molecular formula is C56H65F3N12O5. The first-order chi connectivity index (χ1) is 36.7. The predicted octanol–water partition coefficient (Wildman–Crippen LogP) is 8.07. The average molecular weight is 1040 g/mol. The van der Waals surface area contributed by atoms with Crippen LogP contribution in [-0.4, -0.2) is 129 Å². The number of fused-ring (bicyclic) bond motifs is 3. The van der Waals surface area contributed by atoms with Crippen LogP contribution in [0.2, 0.25) is 0 Å².